The van der Waals surface area contributed by atoms with Crippen LogP contribution in [0.5, 0.6) is 5.75 Å². The summed E-state index contributed by atoms with van der Waals surface area (Å²) in [5.74, 6) is 2.24. The first-order valence-corrected chi connectivity index (χ1v) is 10.00. The van der Waals surface area contributed by atoms with E-state index >= 15 is 0 Å². The smallest absolute Gasteiger partial charge is 0.225 e. The summed E-state index contributed by atoms with van der Waals surface area (Å²) in [6.07, 6.45) is 3.35. The van der Waals surface area contributed by atoms with E-state index in [1.54, 1.807) is 25.6 Å². The van der Waals surface area contributed by atoms with Crippen LogP contribution < -0.4 is 10.5 Å². The summed E-state index contributed by atoms with van der Waals surface area (Å²) in [5.41, 5.74) is 10.0. The molecule has 2 N–H and O–H groups in total. The molecule has 6 rings (SSSR count). The number of fused-ring (bicyclic) bond motifs is 4. The maximum atomic E-state index is 6.18. The van der Waals surface area contributed by atoms with Crippen molar-refractivity contribution in [2.45, 2.75) is 19.6 Å². The van der Waals surface area contributed by atoms with Crippen molar-refractivity contribution >= 4 is 22.6 Å². The molecule has 1 aliphatic rings. The van der Waals surface area contributed by atoms with E-state index in [0.29, 0.717) is 29.4 Å². The maximum Gasteiger partial charge on any atom is 0.225 e. The number of ether oxygens (including phenoxy) is 1. The Bertz CT molecular complexity index is 1400. The molecule has 4 aromatic heterocycles. The Hall–Kier alpha value is -3.92. The van der Waals surface area contributed by atoms with Gasteiger partial charge in [0.25, 0.3) is 0 Å². The number of methoxy groups -OCH3 is 1. The van der Waals surface area contributed by atoms with Crippen LogP contribution in [0.2, 0.25) is 0 Å². The molecule has 0 unspecified atom stereocenters. The molecule has 0 aliphatic carbocycles. The molecule has 0 amide bonds. The fourth-order valence-electron chi connectivity index (χ4n) is 4.17. The number of aromatic nitrogens is 6. The summed E-state index contributed by atoms with van der Waals surface area (Å²) < 4.78 is 14.3. The number of anilines is 1. The maximum absolute atomic E-state index is 6.18. The lowest BCUT2D eigenvalue weighted by Gasteiger charge is -2.15. The summed E-state index contributed by atoms with van der Waals surface area (Å²) in [6.45, 7) is 3.25. The molecule has 10 heteroatoms. The van der Waals surface area contributed by atoms with E-state index < -0.39 is 0 Å². The molecule has 0 bridgehead atoms. The predicted octanol–water partition coefficient (Wildman–Crippen LogP) is 2.34. The van der Waals surface area contributed by atoms with Crippen molar-refractivity contribution < 1.29 is 9.15 Å². The SMILES string of the molecule is COc1cccc2c1CN(CCn1ncc3c1nc(N)n1nc(-c4ccco4)nc31)C2. The van der Waals surface area contributed by atoms with Gasteiger partial charge in [-0.3, -0.25) is 4.90 Å². The summed E-state index contributed by atoms with van der Waals surface area (Å²) >= 11 is 0. The zero-order chi connectivity index (χ0) is 20.9. The van der Waals surface area contributed by atoms with Crippen LogP contribution >= 0.6 is 0 Å². The molecule has 1 aliphatic heterocycles. The quantitative estimate of drug-likeness (QED) is 0.465. The van der Waals surface area contributed by atoms with Gasteiger partial charge in [0.05, 0.1) is 31.5 Å². The molecular formula is C21H20N8O2. The molecule has 5 heterocycles. The summed E-state index contributed by atoms with van der Waals surface area (Å²) in [4.78, 5) is 11.5. The molecule has 0 atom stereocenters. The number of hydrogen-bond acceptors (Lipinski definition) is 8. The van der Waals surface area contributed by atoms with Crippen molar-refractivity contribution in [3.63, 3.8) is 0 Å². The van der Waals surface area contributed by atoms with E-state index in [1.165, 1.54) is 15.6 Å². The molecule has 0 saturated heterocycles. The van der Waals surface area contributed by atoms with Gasteiger partial charge in [0.1, 0.15) is 5.75 Å². The second kappa shape index (κ2) is 6.81. The van der Waals surface area contributed by atoms with Crippen LogP contribution in [0.25, 0.3) is 28.3 Å². The van der Waals surface area contributed by atoms with Gasteiger partial charge in [-0.25, -0.2) is 9.67 Å². The van der Waals surface area contributed by atoms with Gasteiger partial charge in [-0.05, 0) is 23.8 Å². The number of furan rings is 1. The van der Waals surface area contributed by atoms with Crippen LogP contribution in [0.1, 0.15) is 11.1 Å². The third-order valence-corrected chi connectivity index (χ3v) is 5.69. The summed E-state index contributed by atoms with van der Waals surface area (Å²) in [7, 11) is 1.72. The Morgan fingerprint density at radius 3 is 2.87 bits per heavy atom. The van der Waals surface area contributed by atoms with E-state index in [0.717, 1.165) is 30.8 Å². The van der Waals surface area contributed by atoms with Gasteiger partial charge in [0, 0.05) is 25.2 Å². The standard InChI is InChI=1S/C21H20N8O2/c1-30-16-5-2-4-13-11-27(12-15(13)16)7-8-28-19-14(10-23-28)20-24-18(17-6-3-9-31-17)26-29(20)21(22)25-19/h2-6,9-10H,7-8,11-12H2,1H3,(H2,22,25). The molecule has 0 saturated carbocycles. The lowest BCUT2D eigenvalue weighted by molar-refractivity contribution is 0.266. The average molecular weight is 416 g/mol. The summed E-state index contributed by atoms with van der Waals surface area (Å²) in [6, 6.07) is 9.80. The van der Waals surface area contributed by atoms with Crippen LogP contribution in [0.4, 0.5) is 5.95 Å². The van der Waals surface area contributed by atoms with Crippen molar-refractivity contribution in [3.8, 4) is 17.3 Å². The second-order valence-corrected chi connectivity index (χ2v) is 7.53. The highest BCUT2D eigenvalue weighted by Gasteiger charge is 2.23. The minimum Gasteiger partial charge on any atom is -0.496 e. The van der Waals surface area contributed by atoms with Gasteiger partial charge in [0.15, 0.2) is 17.1 Å². The van der Waals surface area contributed by atoms with E-state index in [9.17, 15) is 0 Å². The van der Waals surface area contributed by atoms with Crippen LogP contribution in [0.3, 0.4) is 0 Å². The highest BCUT2D eigenvalue weighted by Crippen LogP contribution is 2.30. The first-order chi connectivity index (χ1) is 15.2. The highest BCUT2D eigenvalue weighted by molar-refractivity contribution is 5.90. The normalized spacial score (nSPS) is 14.0. The Balaban J connectivity index is 1.28. The molecule has 5 aromatic rings. The molecule has 10 nitrogen and oxygen atoms in total. The Labute approximate surface area is 176 Å². The third kappa shape index (κ3) is 2.83. The van der Waals surface area contributed by atoms with Gasteiger partial charge in [-0.1, -0.05) is 12.1 Å². The van der Waals surface area contributed by atoms with Crippen LogP contribution in [-0.4, -0.2) is 47.9 Å². The van der Waals surface area contributed by atoms with Gasteiger partial charge >= 0.3 is 0 Å². The number of nitrogens with zero attached hydrogens (tertiary/aromatic N) is 7. The first kappa shape index (κ1) is 17.9. The zero-order valence-corrected chi connectivity index (χ0v) is 16.9. The number of nitrogen functional groups attached to an aromatic ring is 1. The lowest BCUT2D eigenvalue weighted by Crippen LogP contribution is -2.22. The van der Waals surface area contributed by atoms with Crippen molar-refractivity contribution in [2.75, 3.05) is 19.4 Å². The minimum absolute atomic E-state index is 0.257. The monoisotopic (exact) mass is 416 g/mol. The van der Waals surface area contributed by atoms with E-state index in [1.807, 2.05) is 22.9 Å². The Kier molecular flexibility index (Phi) is 3.93. The molecule has 31 heavy (non-hydrogen) atoms. The van der Waals surface area contributed by atoms with E-state index in [4.69, 9.17) is 14.9 Å². The van der Waals surface area contributed by atoms with E-state index in [2.05, 4.69) is 31.1 Å². The second-order valence-electron chi connectivity index (χ2n) is 7.53. The number of hydrogen-bond donors (Lipinski definition) is 1. The molecule has 1 aromatic carbocycles. The van der Waals surface area contributed by atoms with Gasteiger partial charge in [-0.15, -0.1) is 5.10 Å². The third-order valence-electron chi connectivity index (χ3n) is 5.69. The number of benzene rings is 1. The largest absolute Gasteiger partial charge is 0.496 e. The highest BCUT2D eigenvalue weighted by atomic mass is 16.5. The molecule has 156 valence electrons. The number of nitrogens with two attached hydrogens (primary N) is 1. The van der Waals surface area contributed by atoms with Crippen LogP contribution in [0.15, 0.2) is 47.2 Å². The van der Waals surface area contributed by atoms with Crippen molar-refractivity contribution in [1.29, 1.82) is 0 Å². The van der Waals surface area contributed by atoms with E-state index in [-0.39, 0.29) is 5.95 Å². The van der Waals surface area contributed by atoms with Crippen molar-refractivity contribution in [3.05, 3.63) is 53.9 Å². The molecule has 0 radical (unpaired) electrons. The topological polar surface area (TPSA) is 113 Å². The average Bonchev–Trinajstić information content (AvgIpc) is 3.56. The zero-order valence-electron chi connectivity index (χ0n) is 16.9. The Morgan fingerprint density at radius 2 is 2.03 bits per heavy atom. The van der Waals surface area contributed by atoms with Gasteiger partial charge in [0.2, 0.25) is 11.8 Å². The molecular weight excluding hydrogens is 396 g/mol. The van der Waals surface area contributed by atoms with Crippen LogP contribution in [-0.2, 0) is 19.6 Å². The van der Waals surface area contributed by atoms with Crippen molar-refractivity contribution in [2.24, 2.45) is 0 Å². The minimum atomic E-state index is 0.257. The van der Waals surface area contributed by atoms with Crippen LogP contribution in [0, 0.1) is 0 Å². The Morgan fingerprint density at radius 1 is 1.10 bits per heavy atom. The van der Waals surface area contributed by atoms with Gasteiger partial charge < -0.3 is 14.9 Å². The number of rotatable bonds is 5. The molecule has 0 fully saturated rings. The summed E-state index contributed by atoms with van der Waals surface area (Å²) in [5, 5.41) is 9.77. The first-order valence-electron chi connectivity index (χ1n) is 10.00. The van der Waals surface area contributed by atoms with Gasteiger partial charge in [-0.2, -0.15) is 14.6 Å². The van der Waals surface area contributed by atoms with Crippen molar-refractivity contribution in [1.82, 2.24) is 34.3 Å². The fraction of sp³-hybridized carbons (Fsp3) is 0.238. The predicted molar refractivity (Wildman–Crippen MR) is 113 cm³/mol. The lowest BCUT2D eigenvalue weighted by atomic mass is 10.1. The fourth-order valence-corrected chi connectivity index (χ4v) is 4.17. The molecule has 0 spiro atoms.